The number of carbonyl (C=O) groups is 2. The van der Waals surface area contributed by atoms with Crippen molar-refractivity contribution in [3.05, 3.63) is 0 Å². The van der Waals surface area contributed by atoms with Gasteiger partial charge in [0.1, 0.15) is 0 Å². The molecule has 0 aliphatic heterocycles. The van der Waals surface area contributed by atoms with Gasteiger partial charge in [0, 0.05) is 40.1 Å². The van der Waals surface area contributed by atoms with E-state index in [-0.39, 0.29) is 27.3 Å². The summed E-state index contributed by atoms with van der Waals surface area (Å²) in [6.07, 6.45) is 2.05. The molecule has 4 radical (unpaired) electrons. The van der Waals surface area contributed by atoms with Gasteiger partial charge >= 0.3 is 11.9 Å². The van der Waals surface area contributed by atoms with Crippen LogP contribution in [-0.4, -0.2) is 49.5 Å². The smallest absolute Gasteiger partial charge is 0.303 e. The Balaban J connectivity index is -0.000000143. The molecular weight excluding hydrogens is 367 g/mol. The van der Waals surface area contributed by atoms with Crippen LogP contribution in [0.15, 0.2) is 0 Å². The summed E-state index contributed by atoms with van der Waals surface area (Å²) in [5.41, 5.74) is 0. The average Bonchev–Trinajstić information content (AvgIpc) is 1.87. The van der Waals surface area contributed by atoms with Gasteiger partial charge in [0.05, 0.1) is 0 Å². The molecule has 76 valence electrons. The van der Waals surface area contributed by atoms with E-state index in [1.807, 2.05) is 13.8 Å². The van der Waals surface area contributed by atoms with E-state index >= 15 is 0 Å². The molecule has 0 aliphatic carbocycles. The molecule has 0 saturated carbocycles. The number of rotatable bonds is 4. The molecule has 0 aromatic rings. The molecule has 0 aromatic carbocycles. The van der Waals surface area contributed by atoms with Crippen molar-refractivity contribution in [3.63, 3.8) is 0 Å². The molecule has 0 rings (SSSR count). The summed E-state index contributed by atoms with van der Waals surface area (Å²) in [4.78, 5) is 19.2. The first-order chi connectivity index (χ1) is 5.54. The number of hydrogen-bond donors (Lipinski definition) is 2. The van der Waals surface area contributed by atoms with E-state index in [1.54, 1.807) is 0 Å². The minimum atomic E-state index is -0.711. The van der Waals surface area contributed by atoms with Gasteiger partial charge in [-0.05, 0) is 12.8 Å². The fraction of sp³-hybridized carbons (Fsp3) is 0.750. The molecule has 0 aliphatic rings. The topological polar surface area (TPSA) is 74.6 Å². The summed E-state index contributed by atoms with van der Waals surface area (Å²) in [6.45, 7) is 3.68. The Kier molecular flexibility index (Phi) is 20.6. The monoisotopic (exact) mass is 384 g/mol. The molecule has 0 fully saturated rings. The van der Waals surface area contributed by atoms with E-state index in [0.29, 0.717) is 12.8 Å². The van der Waals surface area contributed by atoms with E-state index < -0.39 is 11.9 Å². The van der Waals surface area contributed by atoms with Crippen LogP contribution < -0.4 is 0 Å². The Bertz CT molecular complexity index is 120. The van der Waals surface area contributed by atoms with Crippen LogP contribution in [-0.2, 0) is 9.59 Å². The third-order valence-corrected chi connectivity index (χ3v) is 0.928. The Labute approximate surface area is 98.5 Å². The molecule has 5 heteroatoms. The van der Waals surface area contributed by atoms with Crippen LogP contribution >= 0.6 is 0 Å². The first-order valence-electron chi connectivity index (χ1n) is 3.98. The van der Waals surface area contributed by atoms with Crippen LogP contribution in [0, 0.1) is 0 Å². The first-order valence-corrected chi connectivity index (χ1v) is 3.98. The predicted octanol–water partition coefficient (Wildman–Crippen LogP) is 1.36. The maximum Gasteiger partial charge on any atom is 0.303 e. The second kappa shape index (κ2) is 14.4. The zero-order chi connectivity index (χ0) is 9.98. The van der Waals surface area contributed by atoms with Crippen molar-refractivity contribution in [2.24, 2.45) is 0 Å². The molecule has 0 saturated heterocycles. The van der Waals surface area contributed by atoms with Crippen molar-refractivity contribution in [3.8, 4) is 0 Å². The molecule has 4 nitrogen and oxygen atoms in total. The van der Waals surface area contributed by atoms with E-state index in [1.165, 1.54) is 0 Å². The maximum absolute atomic E-state index is 9.60. The third kappa shape index (κ3) is 33.6. The quantitative estimate of drug-likeness (QED) is 0.719. The Morgan fingerprint density at radius 2 is 1.15 bits per heavy atom. The number of carboxylic acid groups (broad SMARTS) is 2. The van der Waals surface area contributed by atoms with E-state index in [9.17, 15) is 9.59 Å². The van der Waals surface area contributed by atoms with Gasteiger partial charge in [-0.1, -0.05) is 13.8 Å². The van der Waals surface area contributed by atoms with Crippen molar-refractivity contribution in [2.75, 3.05) is 0 Å². The first kappa shape index (κ1) is 18.6. The van der Waals surface area contributed by atoms with E-state index in [0.717, 1.165) is 12.8 Å². The molecular formula is C8H16O4Pb. The second-order valence-electron chi connectivity index (χ2n) is 2.29. The molecule has 0 aromatic heterocycles. The summed E-state index contributed by atoms with van der Waals surface area (Å²) < 4.78 is 0. The zero-order valence-corrected chi connectivity index (χ0v) is 11.9. The van der Waals surface area contributed by atoms with Gasteiger partial charge in [-0.25, -0.2) is 0 Å². The molecule has 0 atom stereocenters. The molecule has 0 amide bonds. The minimum absolute atomic E-state index is 0. The van der Waals surface area contributed by atoms with Crippen LogP contribution in [0.25, 0.3) is 0 Å². The van der Waals surface area contributed by atoms with Crippen molar-refractivity contribution >= 4 is 39.2 Å². The minimum Gasteiger partial charge on any atom is -0.481 e. The van der Waals surface area contributed by atoms with Gasteiger partial charge in [-0.2, -0.15) is 0 Å². The number of aliphatic carboxylic acids is 2. The fourth-order valence-corrected chi connectivity index (χ4v) is 0.428. The van der Waals surface area contributed by atoms with Crippen LogP contribution in [0.5, 0.6) is 0 Å². The SMILES string of the molecule is CCCC(=O)O.CCCC(=O)O.[Pb]. The Morgan fingerprint density at radius 1 is 0.923 bits per heavy atom. The molecule has 2 N–H and O–H groups in total. The summed E-state index contributed by atoms with van der Waals surface area (Å²) in [6, 6.07) is 0. The summed E-state index contributed by atoms with van der Waals surface area (Å²) >= 11 is 0. The number of carboxylic acids is 2. The predicted molar refractivity (Wildman–Crippen MR) is 50.8 cm³/mol. The van der Waals surface area contributed by atoms with Crippen LogP contribution in [0.2, 0.25) is 0 Å². The maximum atomic E-state index is 9.60. The standard InChI is InChI=1S/2C4H8O2.Pb/c2*1-2-3-4(5)6;/h2*2-3H2,1H3,(H,5,6);. The normalized spacial score (nSPS) is 7.54. The molecule has 0 bridgehead atoms. The van der Waals surface area contributed by atoms with Gasteiger partial charge in [-0.3, -0.25) is 9.59 Å². The van der Waals surface area contributed by atoms with Crippen LogP contribution in [0.3, 0.4) is 0 Å². The van der Waals surface area contributed by atoms with Crippen molar-refractivity contribution in [2.45, 2.75) is 39.5 Å². The van der Waals surface area contributed by atoms with Crippen LogP contribution in [0.1, 0.15) is 39.5 Å². The number of hydrogen-bond acceptors (Lipinski definition) is 2. The van der Waals surface area contributed by atoms with Gasteiger partial charge in [-0.15, -0.1) is 0 Å². The van der Waals surface area contributed by atoms with E-state index in [2.05, 4.69) is 0 Å². The largest absolute Gasteiger partial charge is 0.481 e. The molecule has 13 heavy (non-hydrogen) atoms. The van der Waals surface area contributed by atoms with Gasteiger partial charge < -0.3 is 10.2 Å². The van der Waals surface area contributed by atoms with Crippen molar-refractivity contribution < 1.29 is 19.8 Å². The average molecular weight is 383 g/mol. The molecule has 0 heterocycles. The second-order valence-corrected chi connectivity index (χ2v) is 2.29. The van der Waals surface area contributed by atoms with Gasteiger partial charge in [0.2, 0.25) is 0 Å². The zero-order valence-electron chi connectivity index (χ0n) is 8.04. The summed E-state index contributed by atoms with van der Waals surface area (Å²) in [5.74, 6) is -1.42. The molecule has 0 spiro atoms. The van der Waals surface area contributed by atoms with Crippen molar-refractivity contribution in [1.82, 2.24) is 0 Å². The Hall–Kier alpha value is -0.138. The van der Waals surface area contributed by atoms with Crippen LogP contribution in [0.4, 0.5) is 0 Å². The van der Waals surface area contributed by atoms with Crippen molar-refractivity contribution in [1.29, 1.82) is 0 Å². The third-order valence-electron chi connectivity index (χ3n) is 0.928. The summed E-state index contributed by atoms with van der Waals surface area (Å²) in [7, 11) is 0. The van der Waals surface area contributed by atoms with E-state index in [4.69, 9.17) is 10.2 Å². The molecule has 0 unspecified atom stereocenters. The van der Waals surface area contributed by atoms with Gasteiger partial charge in [0.15, 0.2) is 0 Å². The Morgan fingerprint density at radius 3 is 1.15 bits per heavy atom. The van der Waals surface area contributed by atoms with Gasteiger partial charge in [0.25, 0.3) is 0 Å². The summed E-state index contributed by atoms with van der Waals surface area (Å²) in [5, 5.41) is 15.8. The fourth-order valence-electron chi connectivity index (χ4n) is 0.428.